The third-order valence-electron chi connectivity index (χ3n) is 5.14. The van der Waals surface area contributed by atoms with Crippen LogP contribution in [0.4, 0.5) is 5.69 Å². The average molecular weight is 407 g/mol. The maximum Gasteiger partial charge on any atom is 0.269 e. The minimum atomic E-state index is -0.466. The zero-order valence-electron chi connectivity index (χ0n) is 17.0. The summed E-state index contributed by atoms with van der Waals surface area (Å²) < 4.78 is 0. The van der Waals surface area contributed by atoms with Crippen LogP contribution in [0.3, 0.4) is 0 Å². The molecule has 1 aliphatic rings. The number of hydrogen-bond acceptors (Lipinski definition) is 4. The van der Waals surface area contributed by atoms with Gasteiger partial charge in [-0.3, -0.25) is 19.7 Å². The number of amides is 2. The summed E-state index contributed by atoms with van der Waals surface area (Å²) in [6.45, 7) is 3.71. The molecule has 2 amide bonds. The third kappa shape index (κ3) is 5.31. The van der Waals surface area contributed by atoms with Crippen LogP contribution in [0.25, 0.3) is 6.08 Å². The first-order valence-electron chi connectivity index (χ1n) is 10.0. The lowest BCUT2D eigenvalue weighted by molar-refractivity contribution is -0.384. The van der Waals surface area contributed by atoms with E-state index in [0.29, 0.717) is 25.2 Å². The molecular formula is C23H25N3O4. The highest BCUT2D eigenvalue weighted by Crippen LogP contribution is 2.19. The van der Waals surface area contributed by atoms with Gasteiger partial charge in [0.1, 0.15) is 6.54 Å². The van der Waals surface area contributed by atoms with Crippen LogP contribution in [0.1, 0.15) is 30.0 Å². The van der Waals surface area contributed by atoms with E-state index in [1.54, 1.807) is 28.0 Å². The van der Waals surface area contributed by atoms with Crippen molar-refractivity contribution in [1.82, 2.24) is 9.80 Å². The van der Waals surface area contributed by atoms with E-state index in [9.17, 15) is 19.7 Å². The Labute approximate surface area is 175 Å². The van der Waals surface area contributed by atoms with Gasteiger partial charge < -0.3 is 9.80 Å². The molecule has 0 spiro atoms. The standard InChI is InChI=1S/C23H25N3O4/c1-2-14-24(22(27)12-9-18-7-10-21(11-8-18)26(29)30)17-23(28)25-15-13-19-5-3-4-6-20(19)16-25/h3-12H,2,13-17H2,1H3/b12-9+. The Balaban J connectivity index is 1.62. The number of nitro groups is 1. The van der Waals surface area contributed by atoms with Crippen LogP contribution < -0.4 is 0 Å². The molecule has 7 heteroatoms. The van der Waals surface area contributed by atoms with E-state index >= 15 is 0 Å². The number of nitro benzene ring substituents is 1. The summed E-state index contributed by atoms with van der Waals surface area (Å²) in [6, 6.07) is 14.1. The van der Waals surface area contributed by atoms with Gasteiger partial charge in [0.05, 0.1) is 4.92 Å². The maximum atomic E-state index is 12.8. The van der Waals surface area contributed by atoms with E-state index in [1.807, 2.05) is 25.1 Å². The summed E-state index contributed by atoms with van der Waals surface area (Å²) in [5, 5.41) is 10.7. The molecule has 156 valence electrons. The molecule has 0 aromatic heterocycles. The van der Waals surface area contributed by atoms with Crippen LogP contribution in [0.2, 0.25) is 0 Å². The third-order valence-corrected chi connectivity index (χ3v) is 5.14. The van der Waals surface area contributed by atoms with Crippen molar-refractivity contribution in [3.05, 3.63) is 81.4 Å². The molecule has 2 aromatic rings. The van der Waals surface area contributed by atoms with Crippen LogP contribution in [0, 0.1) is 10.1 Å². The van der Waals surface area contributed by atoms with E-state index in [4.69, 9.17) is 0 Å². The van der Waals surface area contributed by atoms with Crippen LogP contribution in [0.5, 0.6) is 0 Å². The fourth-order valence-corrected chi connectivity index (χ4v) is 3.49. The number of fused-ring (bicyclic) bond motifs is 1. The largest absolute Gasteiger partial charge is 0.336 e. The van der Waals surface area contributed by atoms with Gasteiger partial charge in [0.2, 0.25) is 11.8 Å². The van der Waals surface area contributed by atoms with Crippen molar-refractivity contribution in [3.8, 4) is 0 Å². The van der Waals surface area contributed by atoms with E-state index in [2.05, 4.69) is 6.07 Å². The highest BCUT2D eigenvalue weighted by atomic mass is 16.6. The Bertz CT molecular complexity index is 953. The van der Waals surface area contributed by atoms with Crippen molar-refractivity contribution < 1.29 is 14.5 Å². The predicted octanol–water partition coefficient (Wildman–Crippen LogP) is 3.43. The molecule has 1 heterocycles. The lowest BCUT2D eigenvalue weighted by Gasteiger charge is -2.31. The van der Waals surface area contributed by atoms with Crippen molar-refractivity contribution in [1.29, 1.82) is 0 Å². The molecular weight excluding hydrogens is 382 g/mol. The molecule has 0 unspecified atom stereocenters. The summed E-state index contributed by atoms with van der Waals surface area (Å²) >= 11 is 0. The number of benzene rings is 2. The van der Waals surface area contributed by atoms with Gasteiger partial charge >= 0.3 is 0 Å². The number of carbonyl (C=O) groups is 2. The average Bonchev–Trinajstić information content (AvgIpc) is 2.77. The number of nitrogens with zero attached hydrogens (tertiary/aromatic N) is 3. The van der Waals surface area contributed by atoms with Crippen LogP contribution >= 0.6 is 0 Å². The lowest BCUT2D eigenvalue weighted by atomic mass is 10.00. The second kappa shape index (κ2) is 9.82. The maximum absolute atomic E-state index is 12.8. The highest BCUT2D eigenvalue weighted by molar-refractivity contribution is 5.94. The molecule has 2 aromatic carbocycles. The zero-order valence-corrected chi connectivity index (χ0v) is 17.0. The first-order valence-corrected chi connectivity index (χ1v) is 10.0. The van der Waals surface area contributed by atoms with E-state index in [-0.39, 0.29) is 24.0 Å². The van der Waals surface area contributed by atoms with Gasteiger partial charge in [-0.25, -0.2) is 0 Å². The van der Waals surface area contributed by atoms with Crippen LogP contribution in [0.15, 0.2) is 54.6 Å². The zero-order chi connectivity index (χ0) is 21.5. The summed E-state index contributed by atoms with van der Waals surface area (Å²) in [5.41, 5.74) is 3.11. The van der Waals surface area contributed by atoms with Crippen LogP contribution in [-0.4, -0.2) is 46.2 Å². The van der Waals surface area contributed by atoms with Crippen molar-refractivity contribution in [3.63, 3.8) is 0 Å². The molecule has 0 atom stereocenters. The summed E-state index contributed by atoms with van der Waals surface area (Å²) in [6.07, 6.45) is 4.59. The fourth-order valence-electron chi connectivity index (χ4n) is 3.49. The van der Waals surface area contributed by atoms with Gasteiger partial charge in [-0.15, -0.1) is 0 Å². The number of non-ortho nitro benzene ring substituents is 1. The van der Waals surface area contributed by atoms with Gasteiger partial charge in [0.25, 0.3) is 5.69 Å². The molecule has 0 fully saturated rings. The molecule has 30 heavy (non-hydrogen) atoms. The Morgan fingerprint density at radius 3 is 2.50 bits per heavy atom. The second-order valence-corrected chi connectivity index (χ2v) is 7.28. The number of rotatable bonds is 7. The first-order chi connectivity index (χ1) is 14.5. The summed E-state index contributed by atoms with van der Waals surface area (Å²) in [4.78, 5) is 39.1. The van der Waals surface area contributed by atoms with Gasteiger partial charge in [0.15, 0.2) is 0 Å². The second-order valence-electron chi connectivity index (χ2n) is 7.28. The number of carbonyl (C=O) groups excluding carboxylic acids is 2. The normalized spacial score (nSPS) is 13.2. The lowest BCUT2D eigenvalue weighted by Crippen LogP contribution is -2.44. The van der Waals surface area contributed by atoms with Crippen molar-refractivity contribution >= 4 is 23.6 Å². The Kier molecular flexibility index (Phi) is 6.95. The number of hydrogen-bond donors (Lipinski definition) is 0. The quantitative estimate of drug-likeness (QED) is 0.400. The highest BCUT2D eigenvalue weighted by Gasteiger charge is 2.23. The van der Waals surface area contributed by atoms with Gasteiger partial charge in [-0.1, -0.05) is 31.2 Å². The molecule has 0 aliphatic carbocycles. The molecule has 7 nitrogen and oxygen atoms in total. The smallest absolute Gasteiger partial charge is 0.269 e. The molecule has 1 aliphatic heterocycles. The minimum Gasteiger partial charge on any atom is -0.336 e. The molecule has 0 saturated heterocycles. The summed E-state index contributed by atoms with van der Waals surface area (Å²) in [7, 11) is 0. The van der Waals surface area contributed by atoms with Crippen molar-refractivity contribution in [2.75, 3.05) is 19.6 Å². The fraction of sp³-hybridized carbons (Fsp3) is 0.304. The van der Waals surface area contributed by atoms with Crippen molar-refractivity contribution in [2.45, 2.75) is 26.3 Å². The van der Waals surface area contributed by atoms with E-state index in [1.165, 1.54) is 23.8 Å². The van der Waals surface area contributed by atoms with Crippen LogP contribution in [-0.2, 0) is 22.6 Å². The van der Waals surface area contributed by atoms with E-state index in [0.717, 1.165) is 18.4 Å². The molecule has 0 radical (unpaired) electrons. The Morgan fingerprint density at radius 2 is 1.83 bits per heavy atom. The van der Waals surface area contributed by atoms with Gasteiger partial charge in [-0.2, -0.15) is 0 Å². The van der Waals surface area contributed by atoms with Crippen molar-refractivity contribution in [2.24, 2.45) is 0 Å². The predicted molar refractivity (Wildman–Crippen MR) is 115 cm³/mol. The molecule has 0 saturated carbocycles. The Morgan fingerprint density at radius 1 is 1.13 bits per heavy atom. The monoisotopic (exact) mass is 407 g/mol. The summed E-state index contributed by atoms with van der Waals surface area (Å²) in [5.74, 6) is -0.309. The SMILES string of the molecule is CCCN(CC(=O)N1CCc2ccccc2C1)C(=O)/C=C/c1ccc([N+](=O)[O-])cc1. The van der Waals surface area contributed by atoms with Gasteiger partial charge in [-0.05, 0) is 47.7 Å². The van der Waals surface area contributed by atoms with Gasteiger partial charge in [0, 0.05) is 37.8 Å². The molecule has 0 N–H and O–H groups in total. The Hall–Kier alpha value is -3.48. The molecule has 0 bridgehead atoms. The van der Waals surface area contributed by atoms with E-state index < -0.39 is 4.92 Å². The minimum absolute atomic E-state index is 0.000196. The molecule has 3 rings (SSSR count). The topological polar surface area (TPSA) is 83.8 Å². The first kappa shape index (κ1) is 21.2.